The topological polar surface area (TPSA) is 65.2 Å². The second kappa shape index (κ2) is 15.4. The summed E-state index contributed by atoms with van der Waals surface area (Å²) in [7, 11) is 9.78. The van der Waals surface area contributed by atoms with E-state index in [4.69, 9.17) is 28.6 Å². The first-order valence-corrected chi connectivity index (χ1v) is 18.0. The van der Waals surface area contributed by atoms with E-state index in [-0.39, 0.29) is 23.6 Å². The molecule has 7 heteroatoms. The predicted octanol–water partition coefficient (Wildman–Crippen LogP) is 8.78. The van der Waals surface area contributed by atoms with Crippen LogP contribution in [0.4, 0.5) is 0 Å². The first kappa shape index (κ1) is 31.1. The fraction of sp³-hybridized carbons (Fsp3) is 0.235. The van der Waals surface area contributed by atoms with Gasteiger partial charge in [-0.2, -0.15) is 0 Å². The van der Waals surface area contributed by atoms with Crippen LogP contribution >= 0.6 is 18.6 Å². The van der Waals surface area contributed by atoms with E-state index in [1.807, 2.05) is 111 Å². The first-order chi connectivity index (χ1) is 19.9. The Kier molecular flexibility index (Phi) is 11.6. The van der Waals surface area contributed by atoms with Crippen LogP contribution in [0.2, 0.25) is 0 Å². The van der Waals surface area contributed by atoms with Crippen LogP contribution in [0.1, 0.15) is 59.1 Å². The van der Waals surface area contributed by atoms with Gasteiger partial charge in [-0.3, -0.25) is 9.98 Å². The summed E-state index contributed by atoms with van der Waals surface area (Å²) >= 11 is -0.556. The molecule has 210 valence electrons. The molecule has 0 amide bonds. The summed E-state index contributed by atoms with van der Waals surface area (Å²) in [5, 5.41) is 22.0. The molecular weight excluding hydrogens is 587 g/mol. The Labute approximate surface area is 259 Å². The van der Waals surface area contributed by atoms with Crippen molar-refractivity contribution in [2.45, 2.75) is 51.6 Å². The summed E-state index contributed by atoms with van der Waals surface area (Å²) in [6.07, 6.45) is 3.99. The number of rotatable bonds is 6. The van der Waals surface area contributed by atoms with Crippen molar-refractivity contribution in [3.05, 3.63) is 130 Å². The fourth-order valence-electron chi connectivity index (χ4n) is 5.22. The van der Waals surface area contributed by atoms with Gasteiger partial charge in [0.15, 0.2) is 0 Å². The van der Waals surface area contributed by atoms with Gasteiger partial charge in [0.25, 0.3) is 0 Å². The summed E-state index contributed by atoms with van der Waals surface area (Å²) in [6, 6.07) is 31.7. The van der Waals surface area contributed by atoms with E-state index in [1.54, 1.807) is 0 Å². The van der Waals surface area contributed by atoms with Crippen LogP contribution in [0.5, 0.6) is 11.5 Å². The number of aliphatic imine (C=N–C) groups is 2. The Bertz CT molecular complexity index is 1380. The number of para-hydroxylation sites is 2. The van der Waals surface area contributed by atoms with Crippen LogP contribution in [0, 0.1) is 13.8 Å². The zero-order valence-electron chi connectivity index (χ0n) is 23.3. The normalized spacial score (nSPS) is 17.4. The van der Waals surface area contributed by atoms with Gasteiger partial charge in [0.05, 0.1) is 23.5 Å². The monoisotopic (exact) mass is 620 g/mol. The first-order valence-electron chi connectivity index (χ1n) is 13.7. The summed E-state index contributed by atoms with van der Waals surface area (Å²) in [6.45, 7) is 3.82. The van der Waals surface area contributed by atoms with Crippen molar-refractivity contribution in [1.29, 1.82) is 0 Å². The Morgan fingerprint density at radius 3 is 1.34 bits per heavy atom. The van der Waals surface area contributed by atoms with Crippen molar-refractivity contribution in [3.8, 4) is 11.5 Å². The molecule has 4 nitrogen and oxygen atoms in total. The summed E-state index contributed by atoms with van der Waals surface area (Å²) in [5.41, 5.74) is 6.66. The van der Waals surface area contributed by atoms with Gasteiger partial charge in [-0.1, -0.05) is 97.8 Å². The maximum atomic E-state index is 11.0. The molecule has 41 heavy (non-hydrogen) atoms. The number of benzene rings is 4. The van der Waals surface area contributed by atoms with Crippen molar-refractivity contribution in [2.75, 3.05) is 0 Å². The van der Waals surface area contributed by atoms with Gasteiger partial charge in [0.2, 0.25) is 0 Å². The molecule has 1 fully saturated rings. The molecule has 0 radical (unpaired) electrons. The number of nitrogens with zero attached hydrogens (tertiary/aromatic N) is 2. The molecule has 0 aliphatic heterocycles. The van der Waals surface area contributed by atoms with Crippen molar-refractivity contribution >= 4 is 30.0 Å². The molecule has 2 unspecified atom stereocenters. The fourth-order valence-corrected chi connectivity index (χ4v) is 5.22. The minimum atomic E-state index is -0.556. The zero-order valence-corrected chi connectivity index (χ0v) is 26.3. The van der Waals surface area contributed by atoms with Gasteiger partial charge in [0.1, 0.15) is 11.5 Å². The second-order valence-electron chi connectivity index (χ2n) is 10.1. The number of phenols is 2. The van der Waals surface area contributed by atoms with E-state index >= 15 is 0 Å². The van der Waals surface area contributed by atoms with Crippen LogP contribution in [-0.4, -0.2) is 33.7 Å². The Hall–Kier alpha value is -2.89. The van der Waals surface area contributed by atoms with Gasteiger partial charge < -0.3 is 10.2 Å². The van der Waals surface area contributed by atoms with E-state index in [9.17, 15) is 10.2 Å². The Morgan fingerprint density at radius 1 is 0.610 bits per heavy atom. The van der Waals surface area contributed by atoms with Gasteiger partial charge in [0, 0.05) is 22.3 Å². The quantitative estimate of drug-likeness (QED) is 0.167. The average Bonchev–Trinajstić information content (AvgIpc) is 3.00. The molecule has 1 aliphatic carbocycles. The predicted molar refractivity (Wildman–Crippen MR) is 168 cm³/mol. The van der Waals surface area contributed by atoms with Crippen LogP contribution in [0.15, 0.2) is 107 Å². The number of phenolic OH excluding ortho intramolecular Hbond substituents is 2. The standard InChI is InChI=1S/C34H34N2O2.2ClH.Ti/c1-23-13-11-19-27(33(23)37)31(25-15-5-3-6-16-25)35-29-21-9-10-22-30(29)36-32(26-17-7-4-8-18-26)28-20-12-14-24(2)34(28)38;;;/h3-8,11-20,29-30,37-38H,9-10,21-22H2,1-2H3;2*1H;/q;;;+2/p-2. The van der Waals surface area contributed by atoms with E-state index in [2.05, 4.69) is 0 Å². The van der Waals surface area contributed by atoms with Gasteiger partial charge >= 0.3 is 35.6 Å². The van der Waals surface area contributed by atoms with E-state index in [0.717, 1.165) is 70.5 Å². The van der Waals surface area contributed by atoms with Crippen molar-refractivity contribution < 1.29 is 27.2 Å². The third-order valence-electron chi connectivity index (χ3n) is 7.36. The van der Waals surface area contributed by atoms with Gasteiger partial charge in [-0.25, -0.2) is 0 Å². The van der Waals surface area contributed by atoms with Crippen LogP contribution in [0.3, 0.4) is 0 Å². The molecule has 0 spiro atoms. The molecule has 2 N–H and O–H groups in total. The number of aryl methyl sites for hydroxylation is 2. The van der Waals surface area contributed by atoms with E-state index in [1.165, 1.54) is 0 Å². The SMILES string of the molecule is Cc1cccc(C(=NC2CCCCC2N=C(c2ccccc2)c2cccc(C)c2O)c2ccccc2)c1O.[Cl][Ti][Cl]. The van der Waals surface area contributed by atoms with Crippen LogP contribution < -0.4 is 0 Å². The molecule has 0 bridgehead atoms. The van der Waals surface area contributed by atoms with E-state index in [0.29, 0.717) is 0 Å². The number of halogens is 2. The molecule has 2 atom stereocenters. The summed E-state index contributed by atoms with van der Waals surface area (Å²) in [4.78, 5) is 10.7. The molecule has 5 rings (SSSR count). The van der Waals surface area contributed by atoms with Crippen LogP contribution in [0.25, 0.3) is 0 Å². The van der Waals surface area contributed by atoms with Gasteiger partial charge in [-0.15, -0.1) is 0 Å². The second-order valence-corrected chi connectivity index (χ2v) is 12.7. The number of hydrogen-bond acceptors (Lipinski definition) is 4. The Morgan fingerprint density at radius 2 is 0.976 bits per heavy atom. The molecular formula is C34H34Cl2N2O2Ti. The summed E-state index contributed by atoms with van der Waals surface area (Å²) in [5.74, 6) is 0.529. The van der Waals surface area contributed by atoms with Crippen LogP contribution in [-0.2, 0) is 17.0 Å². The van der Waals surface area contributed by atoms with E-state index < -0.39 is 17.0 Å². The number of hydrogen-bond donors (Lipinski definition) is 2. The number of aromatic hydroxyl groups is 2. The van der Waals surface area contributed by atoms with Gasteiger partial charge in [-0.05, 0) is 49.9 Å². The van der Waals surface area contributed by atoms with Crippen molar-refractivity contribution in [2.24, 2.45) is 9.98 Å². The molecule has 4 aromatic carbocycles. The molecule has 4 aromatic rings. The molecule has 0 saturated heterocycles. The van der Waals surface area contributed by atoms with Crippen molar-refractivity contribution in [1.82, 2.24) is 0 Å². The summed E-state index contributed by atoms with van der Waals surface area (Å²) < 4.78 is 0. The molecule has 1 saturated carbocycles. The third kappa shape index (κ3) is 7.90. The maximum absolute atomic E-state index is 11.0. The molecule has 0 aromatic heterocycles. The zero-order chi connectivity index (χ0) is 29.2. The molecule has 1 aliphatic rings. The minimum absolute atomic E-state index is 0.0514. The molecule has 0 heterocycles. The third-order valence-corrected chi connectivity index (χ3v) is 7.36. The van der Waals surface area contributed by atoms with Crippen molar-refractivity contribution in [3.63, 3.8) is 0 Å². The Balaban J connectivity index is 0.00000124. The average molecular weight is 621 g/mol.